The van der Waals surface area contributed by atoms with Crippen LogP contribution in [-0.4, -0.2) is 57.9 Å². The van der Waals surface area contributed by atoms with Gasteiger partial charge in [0.1, 0.15) is 12.4 Å². The number of nitrogens with zero attached hydrogens (tertiary/aromatic N) is 2. The third kappa shape index (κ3) is 6.39. The zero-order valence-corrected chi connectivity index (χ0v) is 15.7. The van der Waals surface area contributed by atoms with Gasteiger partial charge >= 0.3 is 0 Å². The molecule has 0 aliphatic carbocycles. The van der Waals surface area contributed by atoms with Gasteiger partial charge in [-0.05, 0) is 18.6 Å². The molecule has 1 aromatic rings. The molecule has 1 aromatic carbocycles. The van der Waals surface area contributed by atoms with E-state index in [4.69, 9.17) is 9.47 Å². The molecule has 2 rings (SSSR count). The molecule has 1 heterocycles. The highest BCUT2D eigenvalue weighted by molar-refractivity contribution is 14.0. The van der Waals surface area contributed by atoms with Gasteiger partial charge in [-0.25, -0.2) is 0 Å². The number of guanidine groups is 1. The Kier molecular flexibility index (Phi) is 9.22. The molecule has 0 amide bonds. The van der Waals surface area contributed by atoms with Crippen molar-refractivity contribution in [3.63, 3.8) is 0 Å². The van der Waals surface area contributed by atoms with Gasteiger partial charge in [0.25, 0.3) is 0 Å². The number of hydrogen-bond donors (Lipinski definition) is 1. The van der Waals surface area contributed by atoms with E-state index in [1.165, 1.54) is 0 Å². The molecule has 1 N–H and O–H groups in total. The standard InChI is InChI=1S/C16H25N3O2.HI/c1-17-16(19(2)12-14-8-10-20-13-14)18-9-11-21-15-6-4-3-5-7-15;/h3-7,14H,8-13H2,1-2H3,(H,17,18);1H. The third-order valence-corrected chi connectivity index (χ3v) is 3.53. The van der Waals surface area contributed by atoms with E-state index in [9.17, 15) is 0 Å². The number of hydrogen-bond acceptors (Lipinski definition) is 3. The minimum Gasteiger partial charge on any atom is -0.492 e. The van der Waals surface area contributed by atoms with E-state index in [-0.39, 0.29) is 24.0 Å². The number of nitrogens with one attached hydrogen (secondary N) is 1. The highest BCUT2D eigenvalue weighted by Gasteiger charge is 2.18. The zero-order valence-electron chi connectivity index (χ0n) is 13.3. The quantitative estimate of drug-likeness (QED) is 0.333. The molecule has 0 spiro atoms. The predicted molar refractivity (Wildman–Crippen MR) is 100 cm³/mol. The summed E-state index contributed by atoms with van der Waals surface area (Å²) in [4.78, 5) is 6.46. The summed E-state index contributed by atoms with van der Waals surface area (Å²) in [7, 11) is 3.87. The van der Waals surface area contributed by atoms with Crippen LogP contribution in [0, 0.1) is 5.92 Å². The first kappa shape index (κ1) is 19.0. The SMILES string of the molecule is CN=C(NCCOc1ccccc1)N(C)CC1CCOC1.I. The van der Waals surface area contributed by atoms with Crippen molar-refractivity contribution in [2.45, 2.75) is 6.42 Å². The molecule has 0 saturated carbocycles. The van der Waals surface area contributed by atoms with Crippen molar-refractivity contribution >= 4 is 29.9 Å². The molecule has 22 heavy (non-hydrogen) atoms. The maximum absolute atomic E-state index is 5.66. The highest BCUT2D eigenvalue weighted by atomic mass is 127. The molecule has 0 aromatic heterocycles. The average molecular weight is 419 g/mol. The Bertz CT molecular complexity index is 436. The van der Waals surface area contributed by atoms with Gasteiger partial charge < -0.3 is 19.7 Å². The monoisotopic (exact) mass is 419 g/mol. The summed E-state index contributed by atoms with van der Waals surface area (Å²) in [6, 6.07) is 9.84. The molecule has 1 aliphatic heterocycles. The smallest absolute Gasteiger partial charge is 0.193 e. The summed E-state index contributed by atoms with van der Waals surface area (Å²) >= 11 is 0. The second-order valence-electron chi connectivity index (χ2n) is 5.25. The van der Waals surface area contributed by atoms with Crippen LogP contribution in [0.3, 0.4) is 0 Å². The molecular weight excluding hydrogens is 393 g/mol. The minimum atomic E-state index is 0. The van der Waals surface area contributed by atoms with Crippen molar-refractivity contribution in [3.05, 3.63) is 30.3 Å². The topological polar surface area (TPSA) is 46.1 Å². The Hall–Kier alpha value is -1.02. The Balaban J connectivity index is 0.00000242. The lowest BCUT2D eigenvalue weighted by molar-refractivity contribution is 0.181. The van der Waals surface area contributed by atoms with E-state index in [1.807, 2.05) is 37.4 Å². The van der Waals surface area contributed by atoms with E-state index in [2.05, 4.69) is 22.3 Å². The van der Waals surface area contributed by atoms with Crippen LogP contribution in [0.25, 0.3) is 0 Å². The first-order valence-electron chi connectivity index (χ1n) is 7.47. The Labute approximate surface area is 150 Å². The van der Waals surface area contributed by atoms with Crippen LogP contribution < -0.4 is 10.1 Å². The number of ether oxygens (including phenoxy) is 2. The Morgan fingerprint density at radius 1 is 1.41 bits per heavy atom. The number of benzene rings is 1. The average Bonchev–Trinajstić information content (AvgIpc) is 3.01. The number of para-hydroxylation sites is 1. The fourth-order valence-corrected chi connectivity index (χ4v) is 2.43. The second kappa shape index (κ2) is 10.7. The molecule has 6 heteroatoms. The van der Waals surface area contributed by atoms with Crippen LogP contribution in [-0.2, 0) is 4.74 Å². The van der Waals surface area contributed by atoms with Crippen LogP contribution in [0.15, 0.2) is 35.3 Å². The van der Waals surface area contributed by atoms with Crippen molar-refractivity contribution in [3.8, 4) is 5.75 Å². The van der Waals surface area contributed by atoms with Crippen molar-refractivity contribution < 1.29 is 9.47 Å². The molecule has 5 nitrogen and oxygen atoms in total. The lowest BCUT2D eigenvalue weighted by Crippen LogP contribution is -2.42. The molecular formula is C16H26IN3O2. The van der Waals surface area contributed by atoms with Crippen LogP contribution in [0.1, 0.15) is 6.42 Å². The Morgan fingerprint density at radius 3 is 2.82 bits per heavy atom. The molecule has 1 fully saturated rings. The lowest BCUT2D eigenvalue weighted by atomic mass is 10.1. The van der Waals surface area contributed by atoms with Gasteiger partial charge in [0.2, 0.25) is 0 Å². The van der Waals surface area contributed by atoms with Crippen LogP contribution >= 0.6 is 24.0 Å². The van der Waals surface area contributed by atoms with Crippen molar-refractivity contribution in [2.24, 2.45) is 10.9 Å². The van der Waals surface area contributed by atoms with Gasteiger partial charge in [-0.15, -0.1) is 24.0 Å². The van der Waals surface area contributed by atoms with E-state index >= 15 is 0 Å². The van der Waals surface area contributed by atoms with Gasteiger partial charge in [-0.1, -0.05) is 18.2 Å². The van der Waals surface area contributed by atoms with E-state index < -0.39 is 0 Å². The fraction of sp³-hybridized carbons (Fsp3) is 0.562. The van der Waals surface area contributed by atoms with Crippen molar-refractivity contribution in [2.75, 3.05) is 47.0 Å². The van der Waals surface area contributed by atoms with E-state index in [0.29, 0.717) is 12.5 Å². The molecule has 1 aliphatic rings. The van der Waals surface area contributed by atoms with E-state index in [1.54, 1.807) is 0 Å². The third-order valence-electron chi connectivity index (χ3n) is 3.53. The summed E-state index contributed by atoms with van der Waals surface area (Å²) in [5.74, 6) is 2.40. The molecule has 0 radical (unpaired) electrons. The number of rotatable bonds is 6. The maximum Gasteiger partial charge on any atom is 0.193 e. The molecule has 1 atom stereocenters. The van der Waals surface area contributed by atoms with Crippen molar-refractivity contribution in [1.82, 2.24) is 10.2 Å². The largest absolute Gasteiger partial charge is 0.492 e. The second-order valence-corrected chi connectivity index (χ2v) is 5.25. The number of halogens is 1. The normalized spacial score (nSPS) is 17.7. The predicted octanol–water partition coefficient (Wildman–Crippen LogP) is 2.23. The first-order chi connectivity index (χ1) is 10.3. The van der Waals surface area contributed by atoms with Gasteiger partial charge in [0, 0.05) is 33.2 Å². The number of aliphatic imine (C=N–C) groups is 1. The lowest BCUT2D eigenvalue weighted by Gasteiger charge is -2.24. The molecule has 1 unspecified atom stereocenters. The summed E-state index contributed by atoms with van der Waals surface area (Å²) < 4.78 is 11.1. The van der Waals surface area contributed by atoms with Gasteiger partial charge in [0.15, 0.2) is 5.96 Å². The molecule has 124 valence electrons. The summed E-state index contributed by atoms with van der Waals surface area (Å²) in [6.07, 6.45) is 1.14. The van der Waals surface area contributed by atoms with Crippen molar-refractivity contribution in [1.29, 1.82) is 0 Å². The summed E-state index contributed by atoms with van der Waals surface area (Å²) in [5, 5.41) is 3.32. The van der Waals surface area contributed by atoms with Crippen LogP contribution in [0.2, 0.25) is 0 Å². The van der Waals surface area contributed by atoms with Gasteiger partial charge in [-0.3, -0.25) is 4.99 Å². The zero-order chi connectivity index (χ0) is 14.9. The van der Waals surface area contributed by atoms with Crippen LogP contribution in [0.4, 0.5) is 0 Å². The van der Waals surface area contributed by atoms with Gasteiger partial charge in [-0.2, -0.15) is 0 Å². The summed E-state index contributed by atoms with van der Waals surface area (Å²) in [6.45, 7) is 4.06. The highest BCUT2D eigenvalue weighted by Crippen LogP contribution is 2.13. The fourth-order valence-electron chi connectivity index (χ4n) is 2.43. The maximum atomic E-state index is 5.66. The van der Waals surface area contributed by atoms with E-state index in [0.717, 1.165) is 44.4 Å². The van der Waals surface area contributed by atoms with Gasteiger partial charge in [0.05, 0.1) is 13.2 Å². The Morgan fingerprint density at radius 2 is 2.18 bits per heavy atom. The first-order valence-corrected chi connectivity index (χ1v) is 7.47. The molecule has 1 saturated heterocycles. The molecule has 0 bridgehead atoms. The minimum absolute atomic E-state index is 0. The summed E-state index contributed by atoms with van der Waals surface area (Å²) in [5.41, 5.74) is 0. The van der Waals surface area contributed by atoms with Crippen LogP contribution in [0.5, 0.6) is 5.75 Å².